The average Bonchev–Trinajstić information content (AvgIpc) is 2.43. The van der Waals surface area contributed by atoms with Crippen molar-refractivity contribution < 1.29 is 14.7 Å². The molecule has 0 saturated carbocycles. The number of carboxylic acid groups (broad SMARTS) is 1. The summed E-state index contributed by atoms with van der Waals surface area (Å²) < 4.78 is 1.37. The van der Waals surface area contributed by atoms with Gasteiger partial charge in [0.2, 0.25) is 0 Å². The molecule has 0 aromatic heterocycles. The first-order valence-corrected chi connectivity index (χ1v) is 7.58. The molecule has 0 atom stereocenters. The molecule has 4 nitrogen and oxygen atoms in total. The van der Waals surface area contributed by atoms with Gasteiger partial charge in [-0.3, -0.25) is 4.79 Å². The molecule has 6 heteroatoms. The van der Waals surface area contributed by atoms with Crippen molar-refractivity contribution in [3.05, 3.63) is 62.0 Å². The van der Waals surface area contributed by atoms with Crippen LogP contribution in [0.1, 0.15) is 26.3 Å². The van der Waals surface area contributed by atoms with Crippen LogP contribution in [0.5, 0.6) is 0 Å². The van der Waals surface area contributed by atoms with E-state index in [1.165, 1.54) is 12.1 Å². The van der Waals surface area contributed by atoms with Crippen LogP contribution in [0.25, 0.3) is 0 Å². The highest BCUT2D eigenvalue weighted by Gasteiger charge is 2.13. The lowest BCUT2D eigenvalue weighted by Crippen LogP contribution is -2.14. The molecule has 108 valence electrons. The second-order valence-electron chi connectivity index (χ2n) is 4.37. The van der Waals surface area contributed by atoms with E-state index in [1.807, 2.05) is 13.0 Å². The van der Waals surface area contributed by atoms with Gasteiger partial charge in [0.25, 0.3) is 5.91 Å². The van der Waals surface area contributed by atoms with Crippen LogP contribution in [0.3, 0.4) is 0 Å². The summed E-state index contributed by atoms with van der Waals surface area (Å²) in [5.74, 6) is -1.27. The van der Waals surface area contributed by atoms with Gasteiger partial charge in [-0.15, -0.1) is 0 Å². The highest BCUT2D eigenvalue weighted by Crippen LogP contribution is 2.26. The van der Waals surface area contributed by atoms with Gasteiger partial charge in [0.1, 0.15) is 0 Å². The predicted octanol–water partition coefficient (Wildman–Crippen LogP) is 4.47. The first kappa shape index (κ1) is 15.7. The van der Waals surface area contributed by atoms with Crippen molar-refractivity contribution in [3.63, 3.8) is 0 Å². The van der Waals surface area contributed by atoms with E-state index in [2.05, 4.69) is 37.2 Å². The van der Waals surface area contributed by atoms with Crippen molar-refractivity contribution in [3.8, 4) is 0 Å². The Morgan fingerprint density at radius 3 is 2.43 bits per heavy atom. The molecule has 0 bridgehead atoms. The highest BCUT2D eigenvalue weighted by molar-refractivity contribution is 9.10. The van der Waals surface area contributed by atoms with Gasteiger partial charge in [-0.25, -0.2) is 4.79 Å². The van der Waals surface area contributed by atoms with E-state index in [9.17, 15) is 9.59 Å². The largest absolute Gasteiger partial charge is 0.478 e. The lowest BCUT2D eigenvalue weighted by atomic mass is 10.1. The molecule has 2 aromatic carbocycles. The highest BCUT2D eigenvalue weighted by atomic mass is 79.9. The smallest absolute Gasteiger partial charge is 0.335 e. The number of hydrogen-bond donors (Lipinski definition) is 2. The maximum Gasteiger partial charge on any atom is 0.335 e. The van der Waals surface area contributed by atoms with Crippen molar-refractivity contribution in [2.75, 3.05) is 5.32 Å². The fourth-order valence-electron chi connectivity index (χ4n) is 1.79. The Balaban J connectivity index is 2.28. The molecule has 0 fully saturated rings. The number of benzene rings is 2. The van der Waals surface area contributed by atoms with Gasteiger partial charge in [-0.05, 0) is 58.7 Å². The third-order valence-corrected chi connectivity index (χ3v) is 4.49. The predicted molar refractivity (Wildman–Crippen MR) is 87.9 cm³/mol. The summed E-state index contributed by atoms with van der Waals surface area (Å²) >= 11 is 6.65. The number of aromatic carboxylic acids is 1. The SMILES string of the molecule is Cc1c(Br)cccc1C(=O)Nc1ccc(C(=O)O)cc1Br. The van der Waals surface area contributed by atoms with Crippen LogP contribution < -0.4 is 5.32 Å². The maximum atomic E-state index is 12.3. The van der Waals surface area contributed by atoms with Gasteiger partial charge in [0.05, 0.1) is 11.3 Å². The monoisotopic (exact) mass is 411 g/mol. The zero-order chi connectivity index (χ0) is 15.6. The number of carbonyl (C=O) groups is 2. The Morgan fingerprint density at radius 1 is 1.10 bits per heavy atom. The zero-order valence-electron chi connectivity index (χ0n) is 11.0. The van der Waals surface area contributed by atoms with Crippen molar-refractivity contribution in [2.45, 2.75) is 6.92 Å². The summed E-state index contributed by atoms with van der Waals surface area (Å²) in [7, 11) is 0. The number of nitrogens with one attached hydrogen (secondary N) is 1. The lowest BCUT2D eigenvalue weighted by Gasteiger charge is -2.10. The van der Waals surface area contributed by atoms with Gasteiger partial charge in [0, 0.05) is 14.5 Å². The van der Waals surface area contributed by atoms with E-state index in [4.69, 9.17) is 5.11 Å². The molecule has 0 heterocycles. The number of amides is 1. The van der Waals surface area contributed by atoms with E-state index in [0.717, 1.165) is 10.0 Å². The molecule has 2 N–H and O–H groups in total. The number of halogens is 2. The Labute approximate surface area is 138 Å². The Bertz CT molecular complexity index is 729. The molecule has 2 rings (SSSR count). The third kappa shape index (κ3) is 3.51. The minimum Gasteiger partial charge on any atom is -0.478 e. The Kier molecular flexibility index (Phi) is 4.80. The molecule has 2 aromatic rings. The number of anilines is 1. The first-order chi connectivity index (χ1) is 9.90. The number of hydrogen-bond acceptors (Lipinski definition) is 2. The van der Waals surface area contributed by atoms with E-state index < -0.39 is 5.97 Å². The topological polar surface area (TPSA) is 66.4 Å². The van der Waals surface area contributed by atoms with Crippen LogP contribution >= 0.6 is 31.9 Å². The zero-order valence-corrected chi connectivity index (χ0v) is 14.2. The third-order valence-electron chi connectivity index (χ3n) is 2.98. The molecule has 0 aliphatic heterocycles. The van der Waals surface area contributed by atoms with Gasteiger partial charge < -0.3 is 10.4 Å². The molecule has 0 aliphatic rings. The van der Waals surface area contributed by atoms with Crippen molar-refractivity contribution in [2.24, 2.45) is 0 Å². The molecule has 0 aliphatic carbocycles. The van der Waals surface area contributed by atoms with Gasteiger partial charge in [-0.1, -0.05) is 22.0 Å². The van der Waals surface area contributed by atoms with Crippen LogP contribution in [0.15, 0.2) is 45.3 Å². The van der Waals surface area contributed by atoms with Crippen LogP contribution in [0.2, 0.25) is 0 Å². The average molecular weight is 413 g/mol. The van der Waals surface area contributed by atoms with Crippen LogP contribution in [0, 0.1) is 6.92 Å². The molecule has 0 spiro atoms. The lowest BCUT2D eigenvalue weighted by molar-refractivity contribution is 0.0696. The summed E-state index contributed by atoms with van der Waals surface area (Å²) in [6.07, 6.45) is 0. The van der Waals surface area contributed by atoms with E-state index >= 15 is 0 Å². The molecule has 0 radical (unpaired) electrons. The minimum atomic E-state index is -1.02. The Hall–Kier alpha value is -1.66. The summed E-state index contributed by atoms with van der Waals surface area (Å²) in [6.45, 7) is 1.85. The van der Waals surface area contributed by atoms with Gasteiger partial charge >= 0.3 is 5.97 Å². The van der Waals surface area contributed by atoms with E-state index in [0.29, 0.717) is 15.7 Å². The van der Waals surface area contributed by atoms with Gasteiger partial charge in [-0.2, -0.15) is 0 Å². The molecular formula is C15H11Br2NO3. The maximum absolute atomic E-state index is 12.3. The number of carboxylic acids is 1. The van der Waals surface area contributed by atoms with Crippen LogP contribution in [0.4, 0.5) is 5.69 Å². The fraction of sp³-hybridized carbons (Fsp3) is 0.0667. The van der Waals surface area contributed by atoms with Crippen molar-refractivity contribution >= 4 is 49.4 Å². The molecule has 1 amide bonds. The molecule has 21 heavy (non-hydrogen) atoms. The number of rotatable bonds is 3. The van der Waals surface area contributed by atoms with Crippen molar-refractivity contribution in [1.82, 2.24) is 0 Å². The summed E-state index contributed by atoms with van der Waals surface area (Å²) in [5, 5.41) is 11.7. The summed E-state index contributed by atoms with van der Waals surface area (Å²) in [5.41, 5.74) is 2.06. The number of carbonyl (C=O) groups excluding carboxylic acids is 1. The standard InChI is InChI=1S/C15H11Br2NO3/c1-8-10(3-2-4-11(8)16)14(19)18-13-6-5-9(15(20)21)7-12(13)17/h2-7H,1H3,(H,18,19)(H,20,21). The van der Waals surface area contributed by atoms with E-state index in [1.54, 1.807) is 18.2 Å². The fourth-order valence-corrected chi connectivity index (χ4v) is 2.64. The van der Waals surface area contributed by atoms with Crippen LogP contribution in [-0.2, 0) is 0 Å². The summed E-state index contributed by atoms with van der Waals surface area (Å²) in [4.78, 5) is 23.2. The Morgan fingerprint density at radius 2 is 1.81 bits per heavy atom. The van der Waals surface area contributed by atoms with E-state index in [-0.39, 0.29) is 11.5 Å². The summed E-state index contributed by atoms with van der Waals surface area (Å²) in [6, 6.07) is 9.83. The second-order valence-corrected chi connectivity index (χ2v) is 6.07. The van der Waals surface area contributed by atoms with Crippen molar-refractivity contribution in [1.29, 1.82) is 0 Å². The molecule has 0 saturated heterocycles. The first-order valence-electron chi connectivity index (χ1n) is 5.99. The quantitative estimate of drug-likeness (QED) is 0.781. The minimum absolute atomic E-state index is 0.151. The molecule has 0 unspecified atom stereocenters. The normalized spacial score (nSPS) is 10.2. The van der Waals surface area contributed by atoms with Gasteiger partial charge in [0.15, 0.2) is 0 Å². The molecular weight excluding hydrogens is 402 g/mol. The second kappa shape index (κ2) is 6.41. The van der Waals surface area contributed by atoms with Crippen LogP contribution in [-0.4, -0.2) is 17.0 Å².